The quantitative estimate of drug-likeness (QED) is 0.418. The summed E-state index contributed by atoms with van der Waals surface area (Å²) < 4.78 is 0.720. The third kappa shape index (κ3) is 4.71. The fourth-order valence-electron chi connectivity index (χ4n) is 1.74. The molecule has 3 aromatic rings. The summed E-state index contributed by atoms with van der Waals surface area (Å²) in [4.78, 5) is 16.0. The number of hydrogen-bond acceptors (Lipinski definition) is 7. The number of thioether (sulfide) groups is 1. The van der Waals surface area contributed by atoms with Crippen molar-refractivity contribution < 1.29 is 4.79 Å². The molecule has 0 bridgehead atoms. The Morgan fingerprint density at radius 2 is 2.00 bits per heavy atom. The van der Waals surface area contributed by atoms with Crippen LogP contribution in [0, 0.1) is 0 Å². The lowest BCUT2D eigenvalue weighted by Gasteiger charge is -1.97. The molecule has 120 valence electrons. The zero-order valence-electron chi connectivity index (χ0n) is 12.5. The van der Waals surface area contributed by atoms with Crippen LogP contribution in [0.4, 0.5) is 0 Å². The second-order valence-electron chi connectivity index (χ2n) is 4.58. The van der Waals surface area contributed by atoms with Crippen molar-refractivity contribution in [2.45, 2.75) is 4.34 Å². The number of nitrogens with zero attached hydrogens (tertiary/aromatic N) is 4. The van der Waals surface area contributed by atoms with E-state index in [-0.39, 0.29) is 11.7 Å². The Kier molecular flexibility index (Phi) is 5.65. The Bertz CT molecular complexity index is 821. The van der Waals surface area contributed by atoms with Gasteiger partial charge in [-0.3, -0.25) is 9.78 Å². The zero-order valence-corrected chi connectivity index (χ0v) is 14.1. The lowest BCUT2D eigenvalue weighted by atomic mass is 10.2. The number of carbonyl (C=O) groups is 1. The van der Waals surface area contributed by atoms with Crippen LogP contribution in [0.25, 0.3) is 10.7 Å². The van der Waals surface area contributed by atoms with E-state index in [0.717, 1.165) is 20.6 Å². The number of aromatic nitrogens is 3. The highest BCUT2D eigenvalue weighted by atomic mass is 32.2. The molecule has 8 heteroatoms. The lowest BCUT2D eigenvalue weighted by molar-refractivity contribution is -0.118. The van der Waals surface area contributed by atoms with E-state index < -0.39 is 0 Å². The van der Waals surface area contributed by atoms with Gasteiger partial charge in [0.15, 0.2) is 9.35 Å². The highest BCUT2D eigenvalue weighted by Gasteiger charge is 2.09. The standard InChI is InChI=1S/C16H13N5OS2/c22-14(19-18-10-12-6-2-1-3-7-12)11-23-16-21-20-15(24-16)13-8-4-5-9-17-13/h1-10H,11H2,(H,19,22)/b18-10-. The lowest BCUT2D eigenvalue weighted by Crippen LogP contribution is -2.19. The van der Waals surface area contributed by atoms with Crippen LogP contribution in [-0.4, -0.2) is 33.1 Å². The van der Waals surface area contributed by atoms with Crippen molar-refractivity contribution in [2.24, 2.45) is 5.10 Å². The van der Waals surface area contributed by atoms with E-state index in [0.29, 0.717) is 0 Å². The van der Waals surface area contributed by atoms with Crippen molar-refractivity contribution in [3.05, 3.63) is 60.3 Å². The predicted molar refractivity (Wildman–Crippen MR) is 96.0 cm³/mol. The van der Waals surface area contributed by atoms with Gasteiger partial charge >= 0.3 is 0 Å². The Morgan fingerprint density at radius 1 is 1.17 bits per heavy atom. The van der Waals surface area contributed by atoms with Crippen LogP contribution < -0.4 is 5.43 Å². The predicted octanol–water partition coefficient (Wildman–Crippen LogP) is 2.84. The fraction of sp³-hybridized carbons (Fsp3) is 0.0625. The molecule has 0 atom stereocenters. The molecule has 0 fully saturated rings. The molecular formula is C16H13N5OS2. The first-order valence-corrected chi connectivity index (χ1v) is 8.86. The van der Waals surface area contributed by atoms with Crippen LogP contribution >= 0.6 is 23.1 Å². The van der Waals surface area contributed by atoms with Gasteiger partial charge in [-0.25, -0.2) is 5.43 Å². The van der Waals surface area contributed by atoms with Gasteiger partial charge in [0.25, 0.3) is 5.91 Å². The molecule has 0 unspecified atom stereocenters. The van der Waals surface area contributed by atoms with E-state index >= 15 is 0 Å². The molecule has 0 spiro atoms. The Balaban J connectivity index is 1.48. The van der Waals surface area contributed by atoms with Crippen LogP contribution in [-0.2, 0) is 4.79 Å². The second-order valence-corrected chi connectivity index (χ2v) is 6.78. The average molecular weight is 355 g/mol. The first kappa shape index (κ1) is 16.3. The number of rotatable bonds is 6. The number of benzene rings is 1. The van der Waals surface area contributed by atoms with Crippen LogP contribution in [0.15, 0.2) is 64.2 Å². The number of nitrogens with one attached hydrogen (secondary N) is 1. The van der Waals surface area contributed by atoms with E-state index in [9.17, 15) is 4.79 Å². The largest absolute Gasteiger partial charge is 0.272 e. The third-order valence-corrected chi connectivity index (χ3v) is 4.90. The minimum Gasteiger partial charge on any atom is -0.272 e. The van der Waals surface area contributed by atoms with E-state index in [1.165, 1.54) is 23.1 Å². The van der Waals surface area contributed by atoms with Crippen molar-refractivity contribution in [1.82, 2.24) is 20.6 Å². The van der Waals surface area contributed by atoms with E-state index in [4.69, 9.17) is 0 Å². The normalized spacial score (nSPS) is 10.8. The van der Waals surface area contributed by atoms with Gasteiger partial charge in [0.2, 0.25) is 0 Å². The number of carbonyl (C=O) groups excluding carboxylic acids is 1. The monoisotopic (exact) mass is 355 g/mol. The third-order valence-electron chi connectivity index (χ3n) is 2.82. The smallest absolute Gasteiger partial charge is 0.250 e. The molecule has 1 N–H and O–H groups in total. The van der Waals surface area contributed by atoms with E-state index in [2.05, 4.69) is 25.7 Å². The highest BCUT2D eigenvalue weighted by molar-refractivity contribution is 8.01. The second kappa shape index (κ2) is 8.32. The van der Waals surface area contributed by atoms with Crippen LogP contribution in [0.1, 0.15) is 5.56 Å². The summed E-state index contributed by atoms with van der Waals surface area (Å²) in [6, 6.07) is 15.2. The molecule has 2 aromatic heterocycles. The Morgan fingerprint density at radius 3 is 2.79 bits per heavy atom. The highest BCUT2D eigenvalue weighted by Crippen LogP contribution is 2.27. The van der Waals surface area contributed by atoms with Gasteiger partial charge in [-0.15, -0.1) is 10.2 Å². The summed E-state index contributed by atoms with van der Waals surface area (Å²) in [7, 11) is 0. The molecule has 24 heavy (non-hydrogen) atoms. The van der Waals surface area contributed by atoms with Crippen LogP contribution in [0.2, 0.25) is 0 Å². The maximum Gasteiger partial charge on any atom is 0.250 e. The molecule has 0 saturated heterocycles. The van der Waals surface area contributed by atoms with Crippen LogP contribution in [0.3, 0.4) is 0 Å². The molecule has 0 aliphatic heterocycles. The van der Waals surface area contributed by atoms with Crippen molar-refractivity contribution in [1.29, 1.82) is 0 Å². The maximum atomic E-state index is 11.8. The Labute approximate surface area is 147 Å². The molecular weight excluding hydrogens is 342 g/mol. The summed E-state index contributed by atoms with van der Waals surface area (Å²) >= 11 is 2.73. The van der Waals surface area contributed by atoms with Gasteiger partial charge in [0, 0.05) is 6.20 Å². The van der Waals surface area contributed by atoms with Gasteiger partial charge in [-0.05, 0) is 17.7 Å². The van der Waals surface area contributed by atoms with Crippen molar-refractivity contribution in [3.8, 4) is 10.7 Å². The molecule has 3 rings (SSSR count). The van der Waals surface area contributed by atoms with Crippen molar-refractivity contribution in [3.63, 3.8) is 0 Å². The van der Waals surface area contributed by atoms with Crippen molar-refractivity contribution >= 4 is 35.2 Å². The first-order chi connectivity index (χ1) is 11.8. The van der Waals surface area contributed by atoms with Gasteiger partial charge in [-0.2, -0.15) is 5.10 Å². The molecule has 0 aliphatic rings. The summed E-state index contributed by atoms with van der Waals surface area (Å²) in [6.45, 7) is 0. The topological polar surface area (TPSA) is 80.1 Å². The minimum atomic E-state index is -0.193. The molecule has 0 saturated carbocycles. The summed E-state index contributed by atoms with van der Waals surface area (Å²) in [5.74, 6) is 0.0324. The van der Waals surface area contributed by atoms with Gasteiger partial charge in [0.05, 0.1) is 12.0 Å². The fourth-order valence-corrected chi connectivity index (χ4v) is 3.36. The summed E-state index contributed by atoms with van der Waals surface area (Å²) in [6.07, 6.45) is 3.31. The number of amides is 1. The maximum absolute atomic E-state index is 11.8. The van der Waals surface area contributed by atoms with Gasteiger partial charge < -0.3 is 0 Å². The number of pyridine rings is 1. The van der Waals surface area contributed by atoms with E-state index in [1.54, 1.807) is 12.4 Å². The first-order valence-electron chi connectivity index (χ1n) is 7.06. The SMILES string of the molecule is O=C(CSc1nnc(-c2ccccn2)s1)N/N=C\c1ccccc1. The zero-order chi connectivity index (χ0) is 16.6. The van der Waals surface area contributed by atoms with Crippen LogP contribution in [0.5, 0.6) is 0 Å². The molecule has 2 heterocycles. The van der Waals surface area contributed by atoms with E-state index in [1.807, 2.05) is 48.5 Å². The molecule has 0 radical (unpaired) electrons. The van der Waals surface area contributed by atoms with Gasteiger partial charge in [-0.1, -0.05) is 59.5 Å². The summed E-state index contributed by atoms with van der Waals surface area (Å²) in [5.41, 5.74) is 4.20. The van der Waals surface area contributed by atoms with Crippen molar-refractivity contribution in [2.75, 3.05) is 5.75 Å². The number of hydrogen-bond donors (Lipinski definition) is 1. The molecule has 1 amide bonds. The van der Waals surface area contributed by atoms with Gasteiger partial charge in [0.1, 0.15) is 5.69 Å². The summed E-state index contributed by atoms with van der Waals surface area (Å²) in [5, 5.41) is 12.8. The average Bonchev–Trinajstić information content (AvgIpc) is 3.11. The molecule has 0 aliphatic carbocycles. The Hall–Kier alpha value is -2.58. The minimum absolute atomic E-state index is 0.193. The number of hydrazone groups is 1. The molecule has 1 aromatic carbocycles. The molecule has 6 nitrogen and oxygen atoms in total.